The van der Waals surface area contributed by atoms with E-state index in [4.69, 9.17) is 9.26 Å². The van der Waals surface area contributed by atoms with E-state index in [1.54, 1.807) is 13.0 Å². The largest absolute Gasteiger partial charge is 0.489 e. The van der Waals surface area contributed by atoms with Gasteiger partial charge in [-0.15, -0.1) is 0 Å². The number of rotatable bonds is 8. The highest BCUT2D eigenvalue weighted by Gasteiger charge is 2.23. The fourth-order valence-electron chi connectivity index (χ4n) is 2.78. The zero-order valence-electron chi connectivity index (χ0n) is 16.8. The van der Waals surface area contributed by atoms with E-state index < -0.39 is 0 Å². The summed E-state index contributed by atoms with van der Waals surface area (Å²) < 4.78 is 11.0. The van der Waals surface area contributed by atoms with Gasteiger partial charge in [-0.25, -0.2) is 0 Å². The molecule has 0 aliphatic rings. The summed E-state index contributed by atoms with van der Waals surface area (Å²) in [6.07, 6.45) is 3.25. The third-order valence-electron chi connectivity index (χ3n) is 4.31. The van der Waals surface area contributed by atoms with Crippen LogP contribution in [0.1, 0.15) is 42.7 Å². The van der Waals surface area contributed by atoms with Crippen LogP contribution in [0.3, 0.4) is 0 Å². The molecular weight excluding hydrogens is 366 g/mol. The first kappa shape index (κ1) is 20.3. The highest BCUT2D eigenvalue weighted by molar-refractivity contribution is 5.92. The molecule has 1 heterocycles. The van der Waals surface area contributed by atoms with Crippen LogP contribution in [0.25, 0.3) is 6.08 Å². The van der Waals surface area contributed by atoms with Crippen LogP contribution >= 0.6 is 0 Å². The maximum Gasteiger partial charge on any atom is 0.249 e. The van der Waals surface area contributed by atoms with Crippen molar-refractivity contribution in [1.29, 1.82) is 0 Å². The first-order valence-electron chi connectivity index (χ1n) is 9.57. The van der Waals surface area contributed by atoms with Gasteiger partial charge in [-0.3, -0.25) is 4.79 Å². The SMILES string of the molecule is Cc1noc(C(NC(=O)/C=C/c2cccc(OCc3ccccc3)c2)C(C)C)n1. The Hall–Kier alpha value is -3.41. The van der Waals surface area contributed by atoms with E-state index in [9.17, 15) is 4.79 Å². The van der Waals surface area contributed by atoms with Gasteiger partial charge >= 0.3 is 0 Å². The summed E-state index contributed by atoms with van der Waals surface area (Å²) in [7, 11) is 0. The Bertz CT molecular complexity index is 964. The van der Waals surface area contributed by atoms with Crippen molar-refractivity contribution in [3.8, 4) is 5.75 Å². The molecule has 0 aliphatic carbocycles. The normalized spacial score (nSPS) is 12.3. The molecule has 3 aromatic rings. The highest BCUT2D eigenvalue weighted by Crippen LogP contribution is 2.20. The molecule has 6 nitrogen and oxygen atoms in total. The smallest absolute Gasteiger partial charge is 0.249 e. The molecule has 1 aromatic heterocycles. The van der Waals surface area contributed by atoms with E-state index in [1.165, 1.54) is 6.08 Å². The molecule has 0 saturated heterocycles. The van der Waals surface area contributed by atoms with Crippen LogP contribution in [0.15, 0.2) is 65.2 Å². The average Bonchev–Trinajstić information content (AvgIpc) is 3.15. The van der Waals surface area contributed by atoms with Gasteiger partial charge in [0.25, 0.3) is 0 Å². The summed E-state index contributed by atoms with van der Waals surface area (Å²) in [5.74, 6) is 1.59. The third-order valence-corrected chi connectivity index (χ3v) is 4.31. The molecule has 0 bridgehead atoms. The molecule has 150 valence electrons. The maximum absolute atomic E-state index is 12.4. The molecule has 2 aromatic carbocycles. The fraction of sp³-hybridized carbons (Fsp3) is 0.261. The minimum atomic E-state index is -0.339. The predicted molar refractivity (Wildman–Crippen MR) is 111 cm³/mol. The van der Waals surface area contributed by atoms with Crippen LogP contribution in [0.4, 0.5) is 0 Å². The van der Waals surface area contributed by atoms with E-state index in [2.05, 4.69) is 15.5 Å². The molecule has 29 heavy (non-hydrogen) atoms. The molecule has 0 radical (unpaired) electrons. The Labute approximate surface area is 170 Å². The summed E-state index contributed by atoms with van der Waals surface area (Å²) in [4.78, 5) is 16.6. The highest BCUT2D eigenvalue weighted by atomic mass is 16.5. The van der Waals surface area contributed by atoms with Crippen molar-refractivity contribution in [2.75, 3.05) is 0 Å². The Kier molecular flexibility index (Phi) is 6.79. The van der Waals surface area contributed by atoms with Crippen molar-refractivity contribution >= 4 is 12.0 Å². The molecular formula is C23H25N3O3. The van der Waals surface area contributed by atoms with Crippen molar-refractivity contribution in [2.45, 2.75) is 33.4 Å². The van der Waals surface area contributed by atoms with E-state index in [1.807, 2.05) is 68.4 Å². The summed E-state index contributed by atoms with van der Waals surface area (Å²) in [5.41, 5.74) is 1.98. The maximum atomic E-state index is 12.4. The fourth-order valence-corrected chi connectivity index (χ4v) is 2.78. The Balaban J connectivity index is 1.60. The number of amides is 1. The Morgan fingerprint density at radius 3 is 2.66 bits per heavy atom. The monoisotopic (exact) mass is 391 g/mol. The molecule has 3 rings (SSSR count). The van der Waals surface area contributed by atoms with E-state index in [0.717, 1.165) is 16.9 Å². The number of benzene rings is 2. The number of aromatic nitrogens is 2. The van der Waals surface area contributed by atoms with E-state index in [-0.39, 0.29) is 17.9 Å². The zero-order valence-corrected chi connectivity index (χ0v) is 16.8. The first-order chi connectivity index (χ1) is 14.0. The lowest BCUT2D eigenvalue weighted by Gasteiger charge is -2.17. The van der Waals surface area contributed by atoms with Gasteiger partial charge in [0, 0.05) is 6.08 Å². The molecule has 1 N–H and O–H groups in total. The number of carbonyl (C=O) groups is 1. The van der Waals surface area contributed by atoms with Gasteiger partial charge in [0.2, 0.25) is 11.8 Å². The van der Waals surface area contributed by atoms with Crippen molar-refractivity contribution in [2.24, 2.45) is 5.92 Å². The van der Waals surface area contributed by atoms with Crippen LogP contribution in [0, 0.1) is 12.8 Å². The molecule has 0 aliphatic heterocycles. The number of hydrogen-bond donors (Lipinski definition) is 1. The number of nitrogens with zero attached hydrogens (tertiary/aromatic N) is 2. The van der Waals surface area contributed by atoms with Gasteiger partial charge in [-0.05, 0) is 42.2 Å². The van der Waals surface area contributed by atoms with Crippen molar-refractivity contribution in [1.82, 2.24) is 15.5 Å². The number of carbonyl (C=O) groups excluding carboxylic acids is 1. The average molecular weight is 391 g/mol. The van der Waals surface area contributed by atoms with Crippen LogP contribution in [-0.4, -0.2) is 16.0 Å². The second kappa shape index (κ2) is 9.68. The Morgan fingerprint density at radius 2 is 1.97 bits per heavy atom. The van der Waals surface area contributed by atoms with Gasteiger partial charge in [0.05, 0.1) is 0 Å². The quantitative estimate of drug-likeness (QED) is 0.573. The lowest BCUT2D eigenvalue weighted by Crippen LogP contribution is -2.30. The van der Waals surface area contributed by atoms with Gasteiger partial charge in [0.15, 0.2) is 5.82 Å². The topological polar surface area (TPSA) is 77.2 Å². The Morgan fingerprint density at radius 1 is 1.17 bits per heavy atom. The summed E-state index contributed by atoms with van der Waals surface area (Å²) >= 11 is 0. The van der Waals surface area contributed by atoms with Gasteiger partial charge in [-0.1, -0.05) is 61.5 Å². The molecule has 1 amide bonds. The van der Waals surface area contributed by atoms with Crippen molar-refractivity contribution < 1.29 is 14.1 Å². The molecule has 0 fully saturated rings. The standard InChI is InChI=1S/C23H25N3O3/c1-16(2)22(23-24-17(3)26-29-23)25-21(27)13-12-18-10-7-11-20(14-18)28-15-19-8-5-4-6-9-19/h4-14,16,22H,15H2,1-3H3,(H,25,27)/b13-12+. The van der Waals surface area contributed by atoms with Crippen LogP contribution in [0.2, 0.25) is 0 Å². The molecule has 1 unspecified atom stereocenters. The number of hydrogen-bond acceptors (Lipinski definition) is 5. The van der Waals surface area contributed by atoms with E-state index in [0.29, 0.717) is 18.3 Å². The second-order valence-electron chi connectivity index (χ2n) is 7.09. The van der Waals surface area contributed by atoms with Crippen molar-refractivity contribution in [3.63, 3.8) is 0 Å². The van der Waals surface area contributed by atoms with Crippen molar-refractivity contribution in [3.05, 3.63) is 83.5 Å². The van der Waals surface area contributed by atoms with Crippen LogP contribution in [-0.2, 0) is 11.4 Å². The number of nitrogens with one attached hydrogen (secondary N) is 1. The lowest BCUT2D eigenvalue weighted by atomic mass is 10.0. The molecule has 0 spiro atoms. The zero-order chi connectivity index (χ0) is 20.6. The second-order valence-corrected chi connectivity index (χ2v) is 7.09. The van der Waals surface area contributed by atoms with Gasteiger partial charge in [-0.2, -0.15) is 4.98 Å². The number of ether oxygens (including phenoxy) is 1. The summed E-state index contributed by atoms with van der Waals surface area (Å²) in [5, 5.41) is 6.72. The minimum absolute atomic E-state index is 0.113. The molecule has 1 atom stereocenters. The van der Waals surface area contributed by atoms with Crippen LogP contribution < -0.4 is 10.1 Å². The van der Waals surface area contributed by atoms with Gasteiger partial charge < -0.3 is 14.6 Å². The molecule has 6 heteroatoms. The third kappa shape index (κ3) is 6.04. The van der Waals surface area contributed by atoms with Crippen LogP contribution in [0.5, 0.6) is 5.75 Å². The minimum Gasteiger partial charge on any atom is -0.489 e. The molecule has 0 saturated carbocycles. The lowest BCUT2D eigenvalue weighted by molar-refractivity contribution is -0.117. The van der Waals surface area contributed by atoms with Gasteiger partial charge in [0.1, 0.15) is 18.4 Å². The number of aryl methyl sites for hydroxylation is 1. The van der Waals surface area contributed by atoms with E-state index >= 15 is 0 Å². The predicted octanol–water partition coefficient (Wildman–Crippen LogP) is 4.48. The summed E-state index contributed by atoms with van der Waals surface area (Å²) in [6, 6.07) is 17.2. The first-order valence-corrected chi connectivity index (χ1v) is 9.57. The summed E-state index contributed by atoms with van der Waals surface area (Å²) in [6.45, 7) is 6.22.